The van der Waals surface area contributed by atoms with Crippen molar-refractivity contribution < 1.29 is 28.7 Å². The van der Waals surface area contributed by atoms with Crippen LogP contribution in [0.15, 0.2) is 12.5 Å². The minimum Gasteiger partial charge on any atom is -0.446 e. The molecule has 4 N–H and O–H groups in total. The number of hydrogen-bond acceptors (Lipinski definition) is 7. The number of hydrogen-bond donors (Lipinski definition) is 3. The van der Waals surface area contributed by atoms with E-state index in [1.54, 1.807) is 13.8 Å². The monoisotopic (exact) mass is 448 g/mol. The Morgan fingerprint density at radius 3 is 2.69 bits per heavy atom. The Morgan fingerprint density at radius 1 is 1.31 bits per heavy atom. The summed E-state index contributed by atoms with van der Waals surface area (Å²) in [5, 5.41) is 5.24. The lowest BCUT2D eigenvalue weighted by Crippen LogP contribution is -2.56. The molecule has 0 aromatic carbocycles. The molecule has 0 unspecified atom stereocenters. The van der Waals surface area contributed by atoms with Crippen LogP contribution in [-0.2, 0) is 30.3 Å². The normalized spacial score (nSPS) is 21.3. The van der Waals surface area contributed by atoms with E-state index in [2.05, 4.69) is 15.6 Å². The van der Waals surface area contributed by atoms with Crippen LogP contribution in [0.5, 0.6) is 0 Å². The summed E-state index contributed by atoms with van der Waals surface area (Å²) in [4.78, 5) is 66.7. The number of nitrogens with one attached hydrogen (secondary N) is 2. The molecule has 4 amide bonds. The molecule has 3 rings (SSSR count). The van der Waals surface area contributed by atoms with E-state index in [1.807, 2.05) is 0 Å². The summed E-state index contributed by atoms with van der Waals surface area (Å²) < 4.78 is 6.26. The third kappa shape index (κ3) is 5.42. The molecule has 12 nitrogen and oxygen atoms in total. The van der Waals surface area contributed by atoms with Crippen molar-refractivity contribution in [3.63, 3.8) is 0 Å². The zero-order valence-corrected chi connectivity index (χ0v) is 18.1. The summed E-state index contributed by atoms with van der Waals surface area (Å²) in [6.07, 6.45) is 3.37. The molecule has 2 aliphatic rings. The van der Waals surface area contributed by atoms with Crippen molar-refractivity contribution in [1.29, 1.82) is 0 Å². The second-order valence-electron chi connectivity index (χ2n) is 8.22. The second kappa shape index (κ2) is 9.79. The van der Waals surface area contributed by atoms with Crippen molar-refractivity contribution in [2.45, 2.75) is 70.2 Å². The SMILES string of the molecule is CC(C)OC(=O)n1cnc(C[C@H](NC(=O)[C@@H]2CCC(=O)N2)C(=O)N2CCC[C@H]2C(N)=O)c1. The number of likely N-dealkylation sites (tertiary alicyclic amines) is 1. The van der Waals surface area contributed by atoms with Gasteiger partial charge in [0.15, 0.2) is 0 Å². The summed E-state index contributed by atoms with van der Waals surface area (Å²) in [7, 11) is 0. The summed E-state index contributed by atoms with van der Waals surface area (Å²) in [5.41, 5.74) is 5.81. The molecule has 32 heavy (non-hydrogen) atoms. The Balaban J connectivity index is 1.77. The molecule has 0 saturated carbocycles. The molecule has 12 heteroatoms. The lowest BCUT2D eigenvalue weighted by Gasteiger charge is -2.28. The number of imidazole rings is 1. The van der Waals surface area contributed by atoms with Crippen LogP contribution in [-0.4, -0.2) is 74.9 Å². The number of amides is 4. The molecule has 174 valence electrons. The van der Waals surface area contributed by atoms with Gasteiger partial charge in [-0.3, -0.25) is 19.2 Å². The molecule has 3 heterocycles. The highest BCUT2D eigenvalue weighted by molar-refractivity contribution is 5.95. The topological polar surface area (TPSA) is 166 Å². The average Bonchev–Trinajstić information content (AvgIpc) is 3.46. The molecule has 2 aliphatic heterocycles. The Kier molecular flexibility index (Phi) is 7.11. The molecular weight excluding hydrogens is 420 g/mol. The smallest absolute Gasteiger partial charge is 0.419 e. The first-order valence-electron chi connectivity index (χ1n) is 10.6. The van der Waals surface area contributed by atoms with Crippen molar-refractivity contribution in [2.24, 2.45) is 5.73 Å². The summed E-state index contributed by atoms with van der Waals surface area (Å²) in [6.45, 7) is 3.77. The largest absolute Gasteiger partial charge is 0.446 e. The first-order chi connectivity index (χ1) is 15.2. The summed E-state index contributed by atoms with van der Waals surface area (Å²) in [5.74, 6) is -1.81. The lowest BCUT2D eigenvalue weighted by molar-refractivity contribution is -0.140. The van der Waals surface area contributed by atoms with Crippen molar-refractivity contribution in [3.8, 4) is 0 Å². The van der Waals surface area contributed by atoms with Crippen LogP contribution < -0.4 is 16.4 Å². The van der Waals surface area contributed by atoms with Crippen LogP contribution in [0.1, 0.15) is 45.2 Å². The van der Waals surface area contributed by atoms with Gasteiger partial charge in [0.25, 0.3) is 0 Å². The summed E-state index contributed by atoms with van der Waals surface area (Å²) in [6, 6.07) is -2.53. The van der Waals surface area contributed by atoms with Gasteiger partial charge in [-0.1, -0.05) is 0 Å². The predicted octanol–water partition coefficient (Wildman–Crippen LogP) is -0.942. The van der Waals surface area contributed by atoms with Gasteiger partial charge >= 0.3 is 6.09 Å². The minimum atomic E-state index is -1.05. The molecule has 3 atom stereocenters. The minimum absolute atomic E-state index is 0.0187. The number of primary amides is 1. The van der Waals surface area contributed by atoms with E-state index in [0.29, 0.717) is 31.5 Å². The van der Waals surface area contributed by atoms with Crippen LogP contribution >= 0.6 is 0 Å². The number of ether oxygens (including phenoxy) is 1. The van der Waals surface area contributed by atoms with Gasteiger partial charge in [0.05, 0.1) is 11.8 Å². The van der Waals surface area contributed by atoms with E-state index in [4.69, 9.17) is 10.5 Å². The van der Waals surface area contributed by atoms with E-state index in [0.717, 1.165) is 4.57 Å². The van der Waals surface area contributed by atoms with Gasteiger partial charge in [0.1, 0.15) is 24.5 Å². The van der Waals surface area contributed by atoms with E-state index >= 15 is 0 Å². The van der Waals surface area contributed by atoms with E-state index in [1.165, 1.54) is 17.4 Å². The Labute approximate surface area is 184 Å². The second-order valence-corrected chi connectivity index (χ2v) is 8.22. The Bertz CT molecular complexity index is 912. The molecule has 1 aromatic rings. The van der Waals surface area contributed by atoms with Crippen molar-refractivity contribution >= 4 is 29.7 Å². The van der Waals surface area contributed by atoms with Crippen LogP contribution in [0.3, 0.4) is 0 Å². The number of nitrogens with two attached hydrogens (primary N) is 1. The lowest BCUT2D eigenvalue weighted by atomic mass is 10.1. The number of rotatable bonds is 7. The van der Waals surface area contributed by atoms with Crippen molar-refractivity contribution in [2.75, 3.05) is 6.54 Å². The van der Waals surface area contributed by atoms with E-state index in [-0.39, 0.29) is 24.9 Å². The van der Waals surface area contributed by atoms with Gasteiger partial charge in [0, 0.05) is 25.6 Å². The summed E-state index contributed by atoms with van der Waals surface area (Å²) >= 11 is 0. The van der Waals surface area contributed by atoms with E-state index < -0.39 is 41.9 Å². The molecule has 0 aliphatic carbocycles. The van der Waals surface area contributed by atoms with Gasteiger partial charge in [-0.15, -0.1) is 0 Å². The van der Waals surface area contributed by atoms with E-state index in [9.17, 15) is 24.0 Å². The maximum Gasteiger partial charge on any atom is 0.419 e. The maximum atomic E-state index is 13.3. The highest BCUT2D eigenvalue weighted by Gasteiger charge is 2.38. The third-order valence-electron chi connectivity index (χ3n) is 5.39. The van der Waals surface area contributed by atoms with Gasteiger partial charge in [0.2, 0.25) is 23.6 Å². The van der Waals surface area contributed by atoms with Crippen LogP contribution in [0, 0.1) is 0 Å². The number of aromatic nitrogens is 2. The van der Waals surface area contributed by atoms with Crippen molar-refractivity contribution in [1.82, 2.24) is 25.1 Å². The first-order valence-corrected chi connectivity index (χ1v) is 10.6. The predicted molar refractivity (Wildman–Crippen MR) is 110 cm³/mol. The molecule has 0 spiro atoms. The quantitative estimate of drug-likeness (QED) is 0.484. The molecule has 0 radical (unpaired) electrons. The highest BCUT2D eigenvalue weighted by atomic mass is 16.6. The van der Waals surface area contributed by atoms with Crippen molar-refractivity contribution in [3.05, 3.63) is 18.2 Å². The molecule has 2 saturated heterocycles. The standard InChI is InChI=1S/C20H28N6O6/c1-11(2)32-20(31)25-9-12(22-10-25)8-14(24-18(29)13-5-6-16(27)23-13)19(30)26-7-3-4-15(26)17(21)28/h9-11,13-15H,3-8H2,1-2H3,(H2,21,28)(H,23,27)(H,24,29)/t13-,14-,15-/m0/s1. The van der Waals surface area contributed by atoms with Gasteiger partial charge < -0.3 is 26.0 Å². The molecular formula is C20H28N6O6. The third-order valence-corrected chi connectivity index (χ3v) is 5.39. The van der Waals surface area contributed by atoms with Crippen LogP contribution in [0.25, 0.3) is 0 Å². The number of carbonyl (C=O) groups excluding carboxylic acids is 5. The molecule has 1 aromatic heterocycles. The Morgan fingerprint density at radius 2 is 2.06 bits per heavy atom. The number of carbonyl (C=O) groups is 5. The fraction of sp³-hybridized carbons (Fsp3) is 0.600. The fourth-order valence-corrected chi connectivity index (χ4v) is 3.85. The fourth-order valence-electron chi connectivity index (χ4n) is 3.85. The Hall–Kier alpha value is -3.44. The van der Waals surface area contributed by atoms with Gasteiger partial charge in [-0.2, -0.15) is 0 Å². The first kappa shape index (κ1) is 23.2. The maximum absolute atomic E-state index is 13.3. The van der Waals surface area contributed by atoms with Crippen LogP contribution in [0.4, 0.5) is 4.79 Å². The molecule has 0 bridgehead atoms. The van der Waals surface area contributed by atoms with Gasteiger partial charge in [-0.25, -0.2) is 14.3 Å². The zero-order valence-electron chi connectivity index (χ0n) is 18.1. The zero-order chi connectivity index (χ0) is 23.4. The number of nitrogens with zero attached hydrogens (tertiary/aromatic N) is 3. The molecule has 2 fully saturated rings. The van der Waals surface area contributed by atoms with Gasteiger partial charge in [-0.05, 0) is 33.1 Å². The average molecular weight is 448 g/mol. The van der Waals surface area contributed by atoms with Crippen LogP contribution in [0.2, 0.25) is 0 Å². The highest BCUT2D eigenvalue weighted by Crippen LogP contribution is 2.19.